The van der Waals surface area contributed by atoms with E-state index in [1.807, 2.05) is 42.2 Å². The predicted molar refractivity (Wildman–Crippen MR) is 85.4 cm³/mol. The Bertz CT molecular complexity index is 748. The van der Waals surface area contributed by atoms with Crippen molar-refractivity contribution in [2.75, 3.05) is 13.1 Å². The van der Waals surface area contributed by atoms with Crippen molar-refractivity contribution in [2.45, 2.75) is 31.6 Å². The number of likely N-dealkylation sites (tertiary alicyclic amines) is 1. The predicted octanol–water partition coefficient (Wildman–Crippen LogP) is 2.92. The van der Waals surface area contributed by atoms with Crippen molar-refractivity contribution in [1.29, 1.82) is 5.26 Å². The molecular formula is C19H20N2O2. The number of aliphatic hydroxyl groups excluding tert-OH is 1. The third-order valence-electron chi connectivity index (χ3n) is 6.27. The van der Waals surface area contributed by atoms with E-state index in [0.29, 0.717) is 18.5 Å². The van der Waals surface area contributed by atoms with Gasteiger partial charge >= 0.3 is 0 Å². The van der Waals surface area contributed by atoms with E-state index >= 15 is 0 Å². The number of carbonyl (C=O) groups excluding carboxylic acids is 1. The van der Waals surface area contributed by atoms with E-state index in [4.69, 9.17) is 0 Å². The first-order valence-corrected chi connectivity index (χ1v) is 8.28. The van der Waals surface area contributed by atoms with Gasteiger partial charge in [0.2, 0.25) is 5.91 Å². The molecule has 1 saturated carbocycles. The van der Waals surface area contributed by atoms with Crippen LogP contribution in [0, 0.1) is 22.7 Å². The van der Waals surface area contributed by atoms with Gasteiger partial charge in [-0.25, -0.2) is 0 Å². The van der Waals surface area contributed by atoms with Crippen LogP contribution in [0.5, 0.6) is 0 Å². The molecule has 1 aliphatic heterocycles. The van der Waals surface area contributed by atoms with Crippen molar-refractivity contribution >= 4 is 5.91 Å². The van der Waals surface area contributed by atoms with E-state index in [9.17, 15) is 15.2 Å². The number of nitriles is 1. The second-order valence-electron chi connectivity index (χ2n) is 6.97. The van der Waals surface area contributed by atoms with Gasteiger partial charge in [-0.3, -0.25) is 4.79 Å². The van der Waals surface area contributed by atoms with Crippen LogP contribution in [-0.4, -0.2) is 29.0 Å². The number of allylic oxidation sites excluding steroid dienone is 2. The fourth-order valence-electron chi connectivity index (χ4n) is 5.00. The van der Waals surface area contributed by atoms with Gasteiger partial charge in [-0.1, -0.05) is 30.3 Å². The molecule has 2 fully saturated rings. The van der Waals surface area contributed by atoms with E-state index in [0.717, 1.165) is 24.9 Å². The molecule has 23 heavy (non-hydrogen) atoms. The molecule has 3 unspecified atom stereocenters. The highest BCUT2D eigenvalue weighted by Crippen LogP contribution is 2.74. The van der Waals surface area contributed by atoms with Crippen LogP contribution in [0.2, 0.25) is 0 Å². The summed E-state index contributed by atoms with van der Waals surface area (Å²) in [7, 11) is 0. The van der Waals surface area contributed by atoms with E-state index in [-0.39, 0.29) is 23.0 Å². The van der Waals surface area contributed by atoms with Crippen molar-refractivity contribution in [3.63, 3.8) is 0 Å². The maximum Gasteiger partial charge on any atom is 0.234 e. The lowest BCUT2D eigenvalue weighted by molar-refractivity contribution is -0.146. The number of nitrogens with zero attached hydrogens (tertiary/aromatic N) is 2. The summed E-state index contributed by atoms with van der Waals surface area (Å²) in [6.45, 7) is 3.43. The summed E-state index contributed by atoms with van der Waals surface area (Å²) in [6.07, 6.45) is 2.03. The van der Waals surface area contributed by atoms with Crippen molar-refractivity contribution in [3.8, 4) is 6.07 Å². The van der Waals surface area contributed by atoms with Crippen LogP contribution < -0.4 is 0 Å². The number of aliphatic hydroxyl groups is 1. The molecule has 1 saturated heterocycles. The fourth-order valence-corrected chi connectivity index (χ4v) is 5.00. The lowest BCUT2D eigenvalue weighted by Crippen LogP contribution is -2.59. The van der Waals surface area contributed by atoms with Crippen LogP contribution in [0.3, 0.4) is 0 Å². The first kappa shape index (κ1) is 14.3. The Balaban J connectivity index is 1.95. The summed E-state index contributed by atoms with van der Waals surface area (Å²) in [5.41, 5.74) is 0.482. The SMILES string of the molecule is CCN1CCC23CC2C(O)=C(C#N)CC3(c2ccccc2)C1=O. The molecule has 1 amide bonds. The summed E-state index contributed by atoms with van der Waals surface area (Å²) in [6, 6.07) is 12.0. The van der Waals surface area contributed by atoms with E-state index in [1.54, 1.807) is 0 Å². The standard InChI is InChI=1S/C19H20N2O2/c1-2-21-9-8-18-11-15(18)16(22)13(12-20)10-19(18,17(21)23)14-6-4-3-5-7-14/h3-7,15,22H,2,8-11H2,1H3. The second kappa shape index (κ2) is 4.61. The minimum absolute atomic E-state index is 0.0333. The Morgan fingerprint density at radius 1 is 1.39 bits per heavy atom. The molecule has 2 aliphatic carbocycles. The van der Waals surface area contributed by atoms with Gasteiger partial charge in [0, 0.05) is 30.8 Å². The zero-order chi connectivity index (χ0) is 16.2. The average Bonchev–Trinajstić information content (AvgIpc) is 3.32. The molecule has 3 aliphatic rings. The van der Waals surface area contributed by atoms with Crippen LogP contribution in [0.15, 0.2) is 41.7 Å². The molecule has 1 aromatic carbocycles. The zero-order valence-electron chi connectivity index (χ0n) is 13.2. The van der Waals surface area contributed by atoms with Crippen molar-refractivity contribution in [2.24, 2.45) is 11.3 Å². The van der Waals surface area contributed by atoms with E-state index < -0.39 is 5.41 Å². The van der Waals surface area contributed by atoms with Crippen LogP contribution in [0.1, 0.15) is 31.7 Å². The molecule has 3 atom stereocenters. The zero-order valence-corrected chi connectivity index (χ0v) is 13.2. The largest absolute Gasteiger partial charge is 0.511 e. The molecule has 118 valence electrons. The van der Waals surface area contributed by atoms with Crippen molar-refractivity contribution in [3.05, 3.63) is 47.2 Å². The smallest absolute Gasteiger partial charge is 0.234 e. The molecule has 1 aromatic rings. The van der Waals surface area contributed by atoms with Gasteiger partial charge < -0.3 is 10.0 Å². The van der Waals surface area contributed by atoms with E-state index in [2.05, 4.69) is 6.07 Å². The Kier molecular flexibility index (Phi) is 2.87. The lowest BCUT2D eigenvalue weighted by Gasteiger charge is -2.50. The van der Waals surface area contributed by atoms with E-state index in [1.165, 1.54) is 0 Å². The highest BCUT2D eigenvalue weighted by molar-refractivity contribution is 5.92. The van der Waals surface area contributed by atoms with Crippen molar-refractivity contribution in [1.82, 2.24) is 4.90 Å². The quantitative estimate of drug-likeness (QED) is 0.913. The summed E-state index contributed by atoms with van der Waals surface area (Å²) < 4.78 is 0. The van der Waals surface area contributed by atoms with Crippen LogP contribution in [0.4, 0.5) is 0 Å². The maximum absolute atomic E-state index is 13.4. The first-order chi connectivity index (χ1) is 11.1. The fraction of sp³-hybridized carbons (Fsp3) is 0.474. The molecule has 0 bridgehead atoms. The number of likely N-dealkylation sites (N-methyl/N-ethyl adjacent to an activating group) is 1. The summed E-state index contributed by atoms with van der Waals surface area (Å²) in [5, 5.41) is 19.9. The summed E-state index contributed by atoms with van der Waals surface area (Å²) >= 11 is 0. The highest BCUT2D eigenvalue weighted by Gasteiger charge is 2.75. The Morgan fingerprint density at radius 2 is 2.13 bits per heavy atom. The average molecular weight is 308 g/mol. The Morgan fingerprint density at radius 3 is 2.78 bits per heavy atom. The second-order valence-corrected chi connectivity index (χ2v) is 6.97. The molecule has 0 aromatic heterocycles. The molecule has 4 heteroatoms. The Labute approximate surface area is 136 Å². The molecule has 1 N–H and O–H groups in total. The number of hydrogen-bond acceptors (Lipinski definition) is 3. The third-order valence-corrected chi connectivity index (χ3v) is 6.27. The molecule has 0 radical (unpaired) electrons. The molecule has 1 heterocycles. The van der Waals surface area contributed by atoms with Crippen LogP contribution >= 0.6 is 0 Å². The van der Waals surface area contributed by atoms with Crippen molar-refractivity contribution < 1.29 is 9.90 Å². The molecule has 4 rings (SSSR count). The monoisotopic (exact) mass is 308 g/mol. The third kappa shape index (κ3) is 1.57. The topological polar surface area (TPSA) is 64.3 Å². The summed E-state index contributed by atoms with van der Waals surface area (Å²) in [5.74, 6) is 0.325. The van der Waals surface area contributed by atoms with Gasteiger partial charge in [-0.05, 0) is 25.3 Å². The minimum Gasteiger partial charge on any atom is -0.511 e. The van der Waals surface area contributed by atoms with Gasteiger partial charge in [-0.15, -0.1) is 0 Å². The van der Waals surface area contributed by atoms with Gasteiger partial charge in [0.1, 0.15) is 5.76 Å². The van der Waals surface area contributed by atoms with Gasteiger partial charge in [-0.2, -0.15) is 5.26 Å². The first-order valence-electron chi connectivity index (χ1n) is 8.28. The maximum atomic E-state index is 13.4. The van der Waals surface area contributed by atoms with Crippen LogP contribution in [-0.2, 0) is 10.2 Å². The molecule has 1 spiro atoms. The number of amides is 1. The summed E-state index contributed by atoms with van der Waals surface area (Å²) in [4.78, 5) is 15.3. The number of benzene rings is 1. The van der Waals surface area contributed by atoms with Crippen LogP contribution in [0.25, 0.3) is 0 Å². The normalized spacial score (nSPS) is 35.4. The number of hydrogen-bond donors (Lipinski definition) is 1. The number of piperidine rings is 1. The van der Waals surface area contributed by atoms with Gasteiger partial charge in [0.05, 0.1) is 17.1 Å². The van der Waals surface area contributed by atoms with Gasteiger partial charge in [0.25, 0.3) is 0 Å². The van der Waals surface area contributed by atoms with Gasteiger partial charge in [0.15, 0.2) is 0 Å². The molecular weight excluding hydrogens is 288 g/mol. The Hall–Kier alpha value is -2.28. The lowest BCUT2D eigenvalue weighted by atomic mass is 9.57. The minimum atomic E-state index is -0.690. The number of carbonyl (C=O) groups is 1. The highest BCUT2D eigenvalue weighted by atomic mass is 16.3. The number of rotatable bonds is 2. The molecule has 4 nitrogen and oxygen atoms in total.